The largest absolute Gasteiger partial charge is 0.399 e. The van der Waals surface area contributed by atoms with Crippen molar-refractivity contribution in [2.45, 2.75) is 24.8 Å². The van der Waals surface area contributed by atoms with Crippen LogP contribution in [0.2, 0.25) is 0 Å². The van der Waals surface area contributed by atoms with Gasteiger partial charge in [0.1, 0.15) is 0 Å². The summed E-state index contributed by atoms with van der Waals surface area (Å²) in [6.07, 6.45) is 0. The Morgan fingerprint density at radius 1 is 1.32 bits per heavy atom. The van der Waals surface area contributed by atoms with Gasteiger partial charge in [-0.1, -0.05) is 6.07 Å². The molecule has 0 bridgehead atoms. The SMILES string of the molecule is Cc1cc(N)ccc1S(=O)(=O)NC(C)c1cccs1. The van der Waals surface area contributed by atoms with Gasteiger partial charge < -0.3 is 5.73 Å². The van der Waals surface area contributed by atoms with E-state index in [0.29, 0.717) is 11.3 Å². The van der Waals surface area contributed by atoms with Crippen molar-refractivity contribution >= 4 is 27.0 Å². The molecule has 0 saturated carbocycles. The van der Waals surface area contributed by atoms with Gasteiger partial charge in [-0.25, -0.2) is 13.1 Å². The van der Waals surface area contributed by atoms with Gasteiger partial charge in [0.15, 0.2) is 0 Å². The zero-order valence-electron chi connectivity index (χ0n) is 10.8. The smallest absolute Gasteiger partial charge is 0.241 e. The predicted molar refractivity (Wildman–Crippen MR) is 78.6 cm³/mol. The summed E-state index contributed by atoms with van der Waals surface area (Å²) in [6.45, 7) is 3.57. The van der Waals surface area contributed by atoms with Gasteiger partial charge in [0, 0.05) is 10.6 Å². The molecule has 4 nitrogen and oxygen atoms in total. The maximum Gasteiger partial charge on any atom is 0.241 e. The van der Waals surface area contributed by atoms with Crippen molar-refractivity contribution in [3.05, 3.63) is 46.2 Å². The highest BCUT2D eigenvalue weighted by molar-refractivity contribution is 7.89. The summed E-state index contributed by atoms with van der Waals surface area (Å²) in [4.78, 5) is 1.25. The summed E-state index contributed by atoms with van der Waals surface area (Å²) in [5.41, 5.74) is 6.84. The molecule has 6 heteroatoms. The zero-order chi connectivity index (χ0) is 14.0. The van der Waals surface area contributed by atoms with Crippen LogP contribution in [-0.2, 0) is 10.0 Å². The average Bonchev–Trinajstić information content (AvgIpc) is 2.80. The molecule has 1 aromatic carbocycles. The lowest BCUT2D eigenvalue weighted by atomic mass is 10.2. The van der Waals surface area contributed by atoms with Gasteiger partial charge >= 0.3 is 0 Å². The first kappa shape index (κ1) is 14.0. The van der Waals surface area contributed by atoms with Crippen LogP contribution >= 0.6 is 11.3 Å². The van der Waals surface area contributed by atoms with E-state index in [9.17, 15) is 8.42 Å². The van der Waals surface area contributed by atoms with Crippen LogP contribution in [0, 0.1) is 6.92 Å². The lowest BCUT2D eigenvalue weighted by Gasteiger charge is -2.14. The maximum absolute atomic E-state index is 12.3. The highest BCUT2D eigenvalue weighted by atomic mass is 32.2. The third-order valence-electron chi connectivity index (χ3n) is 2.79. The standard InChI is InChI=1S/C13H16N2O2S2/c1-9-8-11(14)5-6-13(9)19(16,17)15-10(2)12-4-3-7-18-12/h3-8,10,15H,14H2,1-2H3. The third-order valence-corrected chi connectivity index (χ3v) is 5.55. The molecule has 1 aromatic heterocycles. The Balaban J connectivity index is 2.28. The second kappa shape index (κ2) is 5.32. The van der Waals surface area contributed by atoms with E-state index < -0.39 is 10.0 Å². The molecule has 0 aliphatic carbocycles. The Morgan fingerprint density at radius 2 is 2.05 bits per heavy atom. The molecule has 0 aliphatic rings. The second-order valence-electron chi connectivity index (χ2n) is 4.38. The van der Waals surface area contributed by atoms with E-state index in [1.54, 1.807) is 19.1 Å². The lowest BCUT2D eigenvalue weighted by Crippen LogP contribution is -2.27. The number of nitrogen functional groups attached to an aromatic ring is 1. The van der Waals surface area contributed by atoms with Crippen molar-refractivity contribution < 1.29 is 8.42 Å². The van der Waals surface area contributed by atoms with Crippen molar-refractivity contribution in [3.63, 3.8) is 0 Å². The summed E-state index contributed by atoms with van der Waals surface area (Å²) in [5.74, 6) is 0. The van der Waals surface area contributed by atoms with Gasteiger partial charge in [-0.05, 0) is 49.1 Å². The van der Waals surface area contributed by atoms with E-state index in [-0.39, 0.29) is 10.9 Å². The van der Waals surface area contributed by atoms with E-state index in [2.05, 4.69) is 4.72 Å². The van der Waals surface area contributed by atoms with Gasteiger partial charge in [-0.3, -0.25) is 0 Å². The number of anilines is 1. The summed E-state index contributed by atoms with van der Waals surface area (Å²) in [5, 5.41) is 1.93. The number of aryl methyl sites for hydroxylation is 1. The van der Waals surface area contributed by atoms with Crippen LogP contribution in [0.25, 0.3) is 0 Å². The average molecular weight is 296 g/mol. The van der Waals surface area contributed by atoms with E-state index in [4.69, 9.17) is 5.73 Å². The summed E-state index contributed by atoms with van der Waals surface area (Å²) < 4.78 is 27.3. The van der Waals surface area contributed by atoms with Gasteiger partial charge in [0.2, 0.25) is 10.0 Å². The Kier molecular flexibility index (Phi) is 3.93. The molecule has 1 unspecified atom stereocenters. The number of sulfonamides is 1. The lowest BCUT2D eigenvalue weighted by molar-refractivity contribution is 0.568. The molecule has 0 radical (unpaired) electrons. The van der Waals surface area contributed by atoms with Gasteiger partial charge in [-0.15, -0.1) is 11.3 Å². The molecular weight excluding hydrogens is 280 g/mol. The number of thiophene rings is 1. The number of hydrogen-bond donors (Lipinski definition) is 2. The van der Waals surface area contributed by atoms with E-state index in [1.165, 1.54) is 17.4 Å². The van der Waals surface area contributed by atoms with Crippen molar-refractivity contribution in [3.8, 4) is 0 Å². The molecule has 2 aromatic rings. The summed E-state index contributed by atoms with van der Waals surface area (Å²) in [6, 6.07) is 8.35. The van der Waals surface area contributed by atoms with Crippen LogP contribution in [0.3, 0.4) is 0 Å². The van der Waals surface area contributed by atoms with E-state index in [0.717, 1.165) is 4.88 Å². The monoisotopic (exact) mass is 296 g/mol. The molecule has 102 valence electrons. The Hall–Kier alpha value is -1.37. The molecule has 2 rings (SSSR count). The third kappa shape index (κ3) is 3.15. The maximum atomic E-state index is 12.3. The Labute approximate surface area is 117 Å². The molecule has 19 heavy (non-hydrogen) atoms. The fourth-order valence-corrected chi connectivity index (χ4v) is 4.12. The van der Waals surface area contributed by atoms with Crippen molar-refractivity contribution in [2.75, 3.05) is 5.73 Å². The van der Waals surface area contributed by atoms with Gasteiger partial charge in [0.25, 0.3) is 0 Å². The highest BCUT2D eigenvalue weighted by Crippen LogP contribution is 2.23. The minimum atomic E-state index is -3.53. The minimum absolute atomic E-state index is 0.248. The molecule has 0 fully saturated rings. The minimum Gasteiger partial charge on any atom is -0.399 e. The first-order chi connectivity index (χ1) is 8.90. The molecule has 1 heterocycles. The number of rotatable bonds is 4. The summed E-state index contributed by atoms with van der Waals surface area (Å²) in [7, 11) is -3.53. The molecule has 1 atom stereocenters. The summed E-state index contributed by atoms with van der Waals surface area (Å²) >= 11 is 1.53. The zero-order valence-corrected chi connectivity index (χ0v) is 12.4. The fraction of sp³-hybridized carbons (Fsp3) is 0.231. The van der Waals surface area contributed by atoms with Crippen molar-refractivity contribution in [1.29, 1.82) is 0 Å². The molecular formula is C13H16N2O2S2. The van der Waals surface area contributed by atoms with Crippen LogP contribution < -0.4 is 10.5 Å². The van der Waals surface area contributed by atoms with Crippen LogP contribution in [0.4, 0.5) is 5.69 Å². The van der Waals surface area contributed by atoms with Crippen LogP contribution in [0.1, 0.15) is 23.4 Å². The predicted octanol–water partition coefficient (Wildman–Crippen LogP) is 2.68. The number of hydrogen-bond acceptors (Lipinski definition) is 4. The van der Waals surface area contributed by atoms with Crippen LogP contribution in [0.15, 0.2) is 40.6 Å². The van der Waals surface area contributed by atoms with Crippen molar-refractivity contribution in [2.24, 2.45) is 0 Å². The first-order valence-electron chi connectivity index (χ1n) is 5.82. The van der Waals surface area contributed by atoms with Crippen molar-refractivity contribution in [1.82, 2.24) is 4.72 Å². The van der Waals surface area contributed by atoms with Crippen LogP contribution in [0.5, 0.6) is 0 Å². The normalized spacial score (nSPS) is 13.4. The second-order valence-corrected chi connectivity index (χ2v) is 7.05. The van der Waals surface area contributed by atoms with Gasteiger partial charge in [0.05, 0.1) is 10.9 Å². The van der Waals surface area contributed by atoms with E-state index >= 15 is 0 Å². The molecule has 0 saturated heterocycles. The fourth-order valence-electron chi connectivity index (χ4n) is 1.87. The molecule has 0 spiro atoms. The molecule has 3 N–H and O–H groups in total. The molecule has 0 amide bonds. The van der Waals surface area contributed by atoms with E-state index in [1.807, 2.05) is 24.4 Å². The van der Waals surface area contributed by atoms with Crippen LogP contribution in [-0.4, -0.2) is 8.42 Å². The first-order valence-corrected chi connectivity index (χ1v) is 8.18. The van der Waals surface area contributed by atoms with Gasteiger partial charge in [-0.2, -0.15) is 0 Å². The number of nitrogens with two attached hydrogens (primary N) is 1. The Morgan fingerprint density at radius 3 is 2.63 bits per heavy atom. The number of nitrogens with one attached hydrogen (secondary N) is 1. The quantitative estimate of drug-likeness (QED) is 0.852. The highest BCUT2D eigenvalue weighted by Gasteiger charge is 2.20. The topological polar surface area (TPSA) is 72.2 Å². The Bertz CT molecular complexity index is 664. The number of benzene rings is 1. The molecule has 0 aliphatic heterocycles.